The maximum Gasteiger partial charge on any atom is 0.227 e. The fraction of sp³-hybridized carbons (Fsp3) is 0.941. The summed E-state index contributed by atoms with van der Waals surface area (Å²) in [6.07, 6.45) is 0.979. The van der Waals surface area contributed by atoms with Gasteiger partial charge in [-0.2, -0.15) is 0 Å². The Kier molecular flexibility index (Phi) is 6.24. The molecule has 0 spiro atoms. The van der Waals surface area contributed by atoms with Crippen LogP contribution >= 0.6 is 0 Å². The van der Waals surface area contributed by atoms with E-state index in [0.717, 1.165) is 39.1 Å². The fourth-order valence-corrected chi connectivity index (χ4v) is 3.69. The van der Waals surface area contributed by atoms with E-state index < -0.39 is 0 Å². The van der Waals surface area contributed by atoms with E-state index >= 15 is 0 Å². The van der Waals surface area contributed by atoms with Crippen molar-refractivity contribution >= 4 is 5.91 Å². The van der Waals surface area contributed by atoms with Crippen LogP contribution < -0.4 is 0 Å². The van der Waals surface area contributed by atoms with Crippen molar-refractivity contribution in [2.24, 2.45) is 11.8 Å². The molecule has 0 radical (unpaired) electrons. The molecule has 0 aromatic heterocycles. The van der Waals surface area contributed by atoms with Crippen molar-refractivity contribution < 1.29 is 9.90 Å². The highest BCUT2D eigenvalue weighted by Crippen LogP contribution is 2.22. The van der Waals surface area contributed by atoms with Crippen molar-refractivity contribution in [3.63, 3.8) is 0 Å². The molecule has 22 heavy (non-hydrogen) atoms. The molecule has 0 aromatic carbocycles. The number of amides is 1. The van der Waals surface area contributed by atoms with Gasteiger partial charge in [0.1, 0.15) is 0 Å². The van der Waals surface area contributed by atoms with Gasteiger partial charge in [0, 0.05) is 38.8 Å². The van der Waals surface area contributed by atoms with E-state index in [-0.39, 0.29) is 18.6 Å². The first kappa shape index (κ1) is 17.7. The van der Waals surface area contributed by atoms with Gasteiger partial charge in [-0.1, -0.05) is 13.8 Å². The van der Waals surface area contributed by atoms with Crippen LogP contribution in [0.25, 0.3) is 0 Å². The summed E-state index contributed by atoms with van der Waals surface area (Å²) in [4.78, 5) is 19.5. The average molecular weight is 311 g/mol. The predicted molar refractivity (Wildman–Crippen MR) is 88.7 cm³/mol. The number of rotatable bonds is 5. The van der Waals surface area contributed by atoms with Crippen molar-refractivity contribution in [2.75, 3.05) is 45.9 Å². The summed E-state index contributed by atoms with van der Waals surface area (Å²) in [7, 11) is 0. The first-order chi connectivity index (χ1) is 10.4. The normalized spacial score (nSPS) is 28.0. The molecule has 0 unspecified atom stereocenters. The number of piperazine rings is 1. The first-order valence-electron chi connectivity index (χ1n) is 8.80. The van der Waals surface area contributed by atoms with E-state index in [4.69, 9.17) is 0 Å². The predicted octanol–water partition coefficient (Wildman–Crippen LogP) is 0.878. The summed E-state index contributed by atoms with van der Waals surface area (Å²) in [6.45, 7) is 14.2. The lowest BCUT2D eigenvalue weighted by molar-refractivity contribution is -0.138. The maximum atomic E-state index is 12.8. The lowest BCUT2D eigenvalue weighted by Gasteiger charge is -2.42. The van der Waals surface area contributed by atoms with Gasteiger partial charge in [-0.25, -0.2) is 0 Å². The number of nitrogens with zero attached hydrogens (tertiary/aromatic N) is 3. The van der Waals surface area contributed by atoms with Crippen LogP contribution in [0, 0.1) is 11.8 Å². The molecular formula is C17H33N3O2. The van der Waals surface area contributed by atoms with E-state index in [0.29, 0.717) is 24.4 Å². The molecule has 5 nitrogen and oxygen atoms in total. The minimum atomic E-state index is 0.0997. The Balaban J connectivity index is 1.90. The van der Waals surface area contributed by atoms with Crippen LogP contribution in [0.15, 0.2) is 0 Å². The summed E-state index contributed by atoms with van der Waals surface area (Å²) >= 11 is 0. The molecule has 2 heterocycles. The Morgan fingerprint density at radius 3 is 2.41 bits per heavy atom. The molecule has 2 saturated heterocycles. The second-order valence-corrected chi connectivity index (χ2v) is 7.58. The Morgan fingerprint density at radius 1 is 1.14 bits per heavy atom. The molecule has 0 saturated carbocycles. The standard InChI is InChI=1S/C17H33N3O2/c1-13(2)9-19-7-8-20(11-16(19)12-21)17(22)15-5-6-18(10-15)14(3)4/h13-16,21H,5-12H2,1-4H3/t15-,16-/m1/s1. The number of hydrogen-bond donors (Lipinski definition) is 1. The second-order valence-electron chi connectivity index (χ2n) is 7.58. The van der Waals surface area contributed by atoms with E-state index in [1.165, 1.54) is 0 Å². The van der Waals surface area contributed by atoms with E-state index in [9.17, 15) is 9.90 Å². The van der Waals surface area contributed by atoms with Crippen LogP contribution in [0.5, 0.6) is 0 Å². The van der Waals surface area contributed by atoms with Crippen LogP contribution in [0.3, 0.4) is 0 Å². The zero-order valence-electron chi connectivity index (χ0n) is 14.7. The second kappa shape index (κ2) is 7.75. The van der Waals surface area contributed by atoms with Crippen LogP contribution in [-0.4, -0.2) is 83.7 Å². The van der Waals surface area contributed by atoms with Gasteiger partial charge < -0.3 is 14.9 Å². The largest absolute Gasteiger partial charge is 0.395 e. The number of carbonyl (C=O) groups excluding carboxylic acids is 1. The zero-order chi connectivity index (χ0) is 16.3. The Morgan fingerprint density at radius 2 is 1.86 bits per heavy atom. The van der Waals surface area contributed by atoms with Crippen molar-refractivity contribution in [1.82, 2.24) is 14.7 Å². The molecule has 2 atom stereocenters. The van der Waals surface area contributed by atoms with Crippen LogP contribution in [0.2, 0.25) is 0 Å². The Bertz CT molecular complexity index is 373. The third-order valence-corrected chi connectivity index (χ3v) is 5.03. The lowest BCUT2D eigenvalue weighted by Crippen LogP contribution is -2.57. The topological polar surface area (TPSA) is 47.0 Å². The van der Waals surface area contributed by atoms with Gasteiger partial charge in [0.15, 0.2) is 0 Å². The maximum absolute atomic E-state index is 12.8. The zero-order valence-corrected chi connectivity index (χ0v) is 14.7. The highest BCUT2D eigenvalue weighted by atomic mass is 16.3. The summed E-state index contributed by atoms with van der Waals surface area (Å²) in [5.41, 5.74) is 0. The molecule has 2 rings (SSSR count). The first-order valence-corrected chi connectivity index (χ1v) is 8.80. The summed E-state index contributed by atoms with van der Waals surface area (Å²) < 4.78 is 0. The summed E-state index contributed by atoms with van der Waals surface area (Å²) in [5.74, 6) is 1.04. The van der Waals surface area contributed by atoms with E-state index in [1.807, 2.05) is 4.90 Å². The number of carbonyl (C=O) groups is 1. The monoisotopic (exact) mass is 311 g/mol. The third-order valence-electron chi connectivity index (χ3n) is 5.03. The number of aliphatic hydroxyl groups is 1. The highest BCUT2D eigenvalue weighted by Gasteiger charge is 2.35. The van der Waals surface area contributed by atoms with E-state index in [2.05, 4.69) is 37.5 Å². The smallest absolute Gasteiger partial charge is 0.227 e. The van der Waals surface area contributed by atoms with Gasteiger partial charge in [0.05, 0.1) is 18.6 Å². The molecule has 2 aliphatic heterocycles. The van der Waals surface area contributed by atoms with E-state index in [1.54, 1.807) is 0 Å². The minimum Gasteiger partial charge on any atom is -0.395 e. The van der Waals surface area contributed by atoms with Crippen LogP contribution in [0.1, 0.15) is 34.1 Å². The van der Waals surface area contributed by atoms with Crippen molar-refractivity contribution in [3.8, 4) is 0 Å². The molecule has 2 fully saturated rings. The van der Waals surface area contributed by atoms with Gasteiger partial charge in [-0.3, -0.25) is 9.69 Å². The minimum absolute atomic E-state index is 0.0997. The molecule has 2 aliphatic rings. The quantitative estimate of drug-likeness (QED) is 0.819. The number of hydrogen-bond acceptors (Lipinski definition) is 4. The summed E-state index contributed by atoms with van der Waals surface area (Å²) in [6, 6.07) is 0.619. The molecule has 1 amide bonds. The summed E-state index contributed by atoms with van der Waals surface area (Å²) in [5, 5.41) is 9.67. The van der Waals surface area contributed by atoms with Crippen LogP contribution in [-0.2, 0) is 4.79 Å². The fourth-order valence-electron chi connectivity index (χ4n) is 3.69. The molecule has 1 N–H and O–H groups in total. The van der Waals surface area contributed by atoms with Gasteiger partial charge in [0.2, 0.25) is 5.91 Å². The molecule has 0 aromatic rings. The van der Waals surface area contributed by atoms with Gasteiger partial charge >= 0.3 is 0 Å². The van der Waals surface area contributed by atoms with Crippen LogP contribution in [0.4, 0.5) is 0 Å². The molecule has 0 bridgehead atoms. The lowest BCUT2D eigenvalue weighted by atomic mass is 10.0. The van der Waals surface area contributed by atoms with Crippen molar-refractivity contribution in [3.05, 3.63) is 0 Å². The Labute approximate surface area is 135 Å². The van der Waals surface area contributed by atoms with Gasteiger partial charge in [-0.15, -0.1) is 0 Å². The average Bonchev–Trinajstić information content (AvgIpc) is 2.96. The van der Waals surface area contributed by atoms with Gasteiger partial charge in [0.25, 0.3) is 0 Å². The molecule has 128 valence electrons. The number of aliphatic hydroxyl groups excluding tert-OH is 1. The SMILES string of the molecule is CC(C)CN1CCN(C(=O)[C@@H]2CCN(C(C)C)C2)C[C@@H]1CO. The number of likely N-dealkylation sites (tertiary alicyclic amines) is 1. The van der Waals surface area contributed by atoms with Gasteiger partial charge in [-0.05, 0) is 32.7 Å². The molecule has 5 heteroatoms. The molecule has 0 aliphatic carbocycles. The highest BCUT2D eigenvalue weighted by molar-refractivity contribution is 5.79. The van der Waals surface area contributed by atoms with Crippen molar-refractivity contribution in [2.45, 2.75) is 46.2 Å². The molecular weight excluding hydrogens is 278 g/mol. The Hall–Kier alpha value is -0.650. The third kappa shape index (κ3) is 4.21. The van der Waals surface area contributed by atoms with Crippen molar-refractivity contribution in [1.29, 1.82) is 0 Å².